The third-order valence-electron chi connectivity index (χ3n) is 2.78. The van der Waals surface area contributed by atoms with Crippen molar-refractivity contribution in [2.24, 2.45) is 5.92 Å². The van der Waals surface area contributed by atoms with E-state index in [1.807, 2.05) is 0 Å². The van der Waals surface area contributed by atoms with Crippen molar-refractivity contribution in [2.75, 3.05) is 6.79 Å². The monoisotopic (exact) mass is 230 g/mol. The van der Waals surface area contributed by atoms with Crippen LogP contribution in [0.3, 0.4) is 0 Å². The highest BCUT2D eigenvalue weighted by molar-refractivity contribution is 5.93. The summed E-state index contributed by atoms with van der Waals surface area (Å²) in [5.74, 6) is -3.05. The quantitative estimate of drug-likeness (QED) is 0.441. The maximum Gasteiger partial charge on any atom is 0.322 e. The Morgan fingerprint density at radius 2 is 1.94 bits per heavy atom. The molecule has 1 saturated carbocycles. The molecular weight excluding hydrogens is 212 g/mol. The van der Waals surface area contributed by atoms with Gasteiger partial charge in [-0.3, -0.25) is 9.59 Å². The number of ether oxygens (including phenoxy) is 2. The van der Waals surface area contributed by atoms with Gasteiger partial charge in [0.15, 0.2) is 12.7 Å². The molecule has 5 nitrogen and oxygen atoms in total. The Labute approximate surface area is 94.7 Å². The summed E-state index contributed by atoms with van der Waals surface area (Å²) in [6, 6.07) is 0. The van der Waals surface area contributed by atoms with Gasteiger partial charge in [-0.05, 0) is 19.8 Å². The molecule has 1 rings (SSSR count). The summed E-state index contributed by atoms with van der Waals surface area (Å²) in [6.45, 7) is 1.16. The third-order valence-corrected chi connectivity index (χ3v) is 2.78. The Bertz CT molecular complexity index is 245. The zero-order chi connectivity index (χ0) is 12.0. The number of aliphatic carboxylic acids is 1. The van der Waals surface area contributed by atoms with E-state index in [0.29, 0.717) is 0 Å². The second-order valence-electron chi connectivity index (χ2n) is 4.07. The number of rotatable bonds is 5. The second kappa shape index (κ2) is 6.48. The van der Waals surface area contributed by atoms with E-state index in [2.05, 4.69) is 0 Å². The van der Waals surface area contributed by atoms with Crippen LogP contribution < -0.4 is 0 Å². The van der Waals surface area contributed by atoms with Gasteiger partial charge in [0.2, 0.25) is 0 Å². The summed E-state index contributed by atoms with van der Waals surface area (Å²) in [5, 5.41) is 8.56. The number of hydrogen-bond donors (Lipinski definition) is 1. The van der Waals surface area contributed by atoms with Crippen LogP contribution in [0.4, 0.5) is 0 Å². The van der Waals surface area contributed by atoms with Crippen molar-refractivity contribution >= 4 is 11.9 Å². The van der Waals surface area contributed by atoms with Crippen molar-refractivity contribution in [3.05, 3.63) is 0 Å². The molecule has 92 valence electrons. The van der Waals surface area contributed by atoms with Crippen LogP contribution in [0.5, 0.6) is 0 Å². The molecule has 0 heterocycles. The molecule has 1 unspecified atom stereocenters. The first-order valence-electron chi connectivity index (χ1n) is 5.62. The molecule has 0 radical (unpaired) electrons. The van der Waals surface area contributed by atoms with Gasteiger partial charge in [-0.15, -0.1) is 0 Å². The van der Waals surface area contributed by atoms with Gasteiger partial charge >= 0.3 is 11.9 Å². The van der Waals surface area contributed by atoms with E-state index in [4.69, 9.17) is 14.6 Å². The zero-order valence-corrected chi connectivity index (χ0v) is 9.48. The van der Waals surface area contributed by atoms with Gasteiger partial charge in [0.05, 0.1) is 6.10 Å². The molecule has 0 bridgehead atoms. The average Bonchev–Trinajstić information content (AvgIpc) is 2.29. The Kier molecular flexibility index (Phi) is 5.25. The predicted octanol–water partition coefficient (Wildman–Crippen LogP) is 1.56. The highest BCUT2D eigenvalue weighted by Crippen LogP contribution is 2.20. The molecule has 5 heteroatoms. The van der Waals surface area contributed by atoms with E-state index in [9.17, 15) is 9.59 Å². The van der Waals surface area contributed by atoms with Crippen molar-refractivity contribution in [2.45, 2.75) is 45.1 Å². The van der Waals surface area contributed by atoms with E-state index in [1.54, 1.807) is 0 Å². The third kappa shape index (κ3) is 4.18. The van der Waals surface area contributed by atoms with Crippen molar-refractivity contribution in [3.63, 3.8) is 0 Å². The molecule has 0 spiro atoms. The molecule has 0 aliphatic heterocycles. The van der Waals surface area contributed by atoms with Gasteiger partial charge in [-0.25, -0.2) is 0 Å². The maximum atomic E-state index is 11.1. The number of esters is 1. The molecule has 0 aromatic rings. The minimum Gasteiger partial charge on any atom is -0.481 e. The predicted molar refractivity (Wildman–Crippen MR) is 55.7 cm³/mol. The molecule has 1 N–H and O–H groups in total. The lowest BCUT2D eigenvalue weighted by molar-refractivity contribution is -0.171. The molecule has 16 heavy (non-hydrogen) atoms. The van der Waals surface area contributed by atoms with Crippen LogP contribution in [0.2, 0.25) is 0 Å². The molecule has 1 atom stereocenters. The molecule has 0 saturated heterocycles. The van der Waals surface area contributed by atoms with Crippen LogP contribution in [-0.4, -0.2) is 29.9 Å². The van der Waals surface area contributed by atoms with Crippen LogP contribution in [0.1, 0.15) is 39.0 Å². The van der Waals surface area contributed by atoms with E-state index in [0.717, 1.165) is 25.7 Å². The summed E-state index contributed by atoms with van der Waals surface area (Å²) in [7, 11) is 0. The van der Waals surface area contributed by atoms with Gasteiger partial charge in [-0.1, -0.05) is 19.3 Å². The van der Waals surface area contributed by atoms with E-state index < -0.39 is 17.9 Å². The van der Waals surface area contributed by atoms with E-state index >= 15 is 0 Å². The standard InChI is InChI=1S/C11H18O5/c1-8(10(12)13)11(14)16-7-15-9-5-3-2-4-6-9/h8-9H,2-7H2,1H3,(H,12,13). The fraction of sp³-hybridized carbons (Fsp3) is 0.818. The smallest absolute Gasteiger partial charge is 0.322 e. The van der Waals surface area contributed by atoms with Crippen LogP contribution in [0.15, 0.2) is 0 Å². The lowest BCUT2D eigenvalue weighted by Crippen LogP contribution is -2.25. The van der Waals surface area contributed by atoms with Crippen molar-refractivity contribution in [3.8, 4) is 0 Å². The zero-order valence-electron chi connectivity index (χ0n) is 9.48. The molecule has 1 aliphatic rings. The van der Waals surface area contributed by atoms with Crippen molar-refractivity contribution in [1.29, 1.82) is 0 Å². The normalized spacial score (nSPS) is 19.1. The fourth-order valence-corrected chi connectivity index (χ4v) is 1.65. The molecule has 0 amide bonds. The lowest BCUT2D eigenvalue weighted by atomic mass is 9.98. The van der Waals surface area contributed by atoms with Crippen molar-refractivity contribution in [1.82, 2.24) is 0 Å². The minimum absolute atomic E-state index is 0.138. The minimum atomic E-state index is -1.18. The largest absolute Gasteiger partial charge is 0.481 e. The first kappa shape index (κ1) is 13.0. The van der Waals surface area contributed by atoms with Gasteiger partial charge in [0, 0.05) is 0 Å². The molecule has 0 aromatic carbocycles. The van der Waals surface area contributed by atoms with Gasteiger partial charge in [0.25, 0.3) is 0 Å². The van der Waals surface area contributed by atoms with Crippen LogP contribution in [0.25, 0.3) is 0 Å². The van der Waals surface area contributed by atoms with Gasteiger partial charge in [0.1, 0.15) is 0 Å². The number of carbonyl (C=O) groups excluding carboxylic acids is 1. The SMILES string of the molecule is CC(C(=O)O)C(=O)OCOC1CCCCC1. The average molecular weight is 230 g/mol. The van der Waals surface area contributed by atoms with Crippen LogP contribution in [-0.2, 0) is 19.1 Å². The highest BCUT2D eigenvalue weighted by Gasteiger charge is 2.22. The van der Waals surface area contributed by atoms with Crippen LogP contribution in [0, 0.1) is 5.92 Å². The summed E-state index contributed by atoms with van der Waals surface area (Å²) < 4.78 is 10.1. The number of hydrogen-bond acceptors (Lipinski definition) is 4. The summed E-state index contributed by atoms with van der Waals surface area (Å²) >= 11 is 0. The van der Waals surface area contributed by atoms with E-state index in [1.165, 1.54) is 13.3 Å². The fourth-order valence-electron chi connectivity index (χ4n) is 1.65. The van der Waals surface area contributed by atoms with Gasteiger partial charge in [-0.2, -0.15) is 0 Å². The lowest BCUT2D eigenvalue weighted by Gasteiger charge is -2.21. The first-order chi connectivity index (χ1) is 7.61. The summed E-state index contributed by atoms with van der Waals surface area (Å²) in [6.07, 6.45) is 5.66. The second-order valence-corrected chi connectivity index (χ2v) is 4.07. The highest BCUT2D eigenvalue weighted by atomic mass is 16.7. The molecular formula is C11H18O5. The summed E-state index contributed by atoms with van der Waals surface area (Å²) in [5.41, 5.74) is 0. The Morgan fingerprint density at radius 3 is 2.50 bits per heavy atom. The number of carboxylic acid groups (broad SMARTS) is 1. The van der Waals surface area contributed by atoms with E-state index in [-0.39, 0.29) is 12.9 Å². The summed E-state index contributed by atoms with van der Waals surface area (Å²) in [4.78, 5) is 21.6. The number of carboxylic acids is 1. The van der Waals surface area contributed by atoms with Crippen LogP contribution >= 0.6 is 0 Å². The van der Waals surface area contributed by atoms with Gasteiger partial charge < -0.3 is 14.6 Å². The van der Waals surface area contributed by atoms with Crippen molar-refractivity contribution < 1.29 is 24.2 Å². The first-order valence-corrected chi connectivity index (χ1v) is 5.62. The Balaban J connectivity index is 2.14. The Hall–Kier alpha value is -1.10. The Morgan fingerprint density at radius 1 is 1.31 bits per heavy atom. The molecule has 0 aromatic heterocycles. The molecule has 1 aliphatic carbocycles. The molecule has 1 fully saturated rings. The number of carbonyl (C=O) groups is 2. The topological polar surface area (TPSA) is 72.8 Å². The maximum absolute atomic E-state index is 11.1.